The maximum atomic E-state index is 14.4. The molecule has 1 saturated heterocycles. The number of nitrogens with zero attached hydrogens (tertiary/aromatic N) is 1. The second kappa shape index (κ2) is 7.37. The average molecular weight is 378 g/mol. The zero-order valence-electron chi connectivity index (χ0n) is 16.0. The minimum absolute atomic E-state index is 0.159. The molecule has 27 heavy (non-hydrogen) atoms. The van der Waals surface area contributed by atoms with Crippen LogP contribution in [-0.2, 0) is 16.1 Å². The molecule has 1 aromatic rings. The molecule has 2 fully saturated rings. The van der Waals surface area contributed by atoms with Gasteiger partial charge in [0.25, 0.3) is 0 Å². The highest BCUT2D eigenvalue weighted by Crippen LogP contribution is 2.43. The molecule has 2 amide bonds. The van der Waals surface area contributed by atoms with Gasteiger partial charge in [-0.1, -0.05) is 30.3 Å². The summed E-state index contributed by atoms with van der Waals surface area (Å²) in [6.07, 6.45) is -1.30. The summed E-state index contributed by atoms with van der Waals surface area (Å²) in [4.78, 5) is 26.2. The number of rotatable bonds is 3. The third kappa shape index (κ3) is 4.51. The minimum atomic E-state index is -1.06. The second-order valence-electron chi connectivity index (χ2n) is 8.36. The van der Waals surface area contributed by atoms with Crippen LogP contribution in [0.2, 0.25) is 0 Å². The summed E-state index contributed by atoms with van der Waals surface area (Å²) in [5.74, 6) is -0.450. The van der Waals surface area contributed by atoms with Gasteiger partial charge in [-0.15, -0.1) is 0 Å². The highest BCUT2D eigenvalue weighted by Gasteiger charge is 2.57. The van der Waals surface area contributed by atoms with Gasteiger partial charge in [0.1, 0.15) is 18.4 Å². The van der Waals surface area contributed by atoms with Crippen molar-refractivity contribution in [3.05, 3.63) is 35.9 Å². The Hall–Kier alpha value is -2.31. The van der Waals surface area contributed by atoms with Crippen molar-refractivity contribution in [3.8, 4) is 0 Å². The van der Waals surface area contributed by atoms with E-state index in [9.17, 15) is 14.0 Å². The quantitative estimate of drug-likeness (QED) is 0.872. The van der Waals surface area contributed by atoms with Crippen molar-refractivity contribution in [3.63, 3.8) is 0 Å². The molecule has 1 aliphatic heterocycles. The molecule has 0 unspecified atom stereocenters. The van der Waals surface area contributed by atoms with Crippen LogP contribution in [0.1, 0.15) is 39.2 Å². The minimum Gasteiger partial charge on any atom is -0.445 e. The Morgan fingerprint density at radius 3 is 2.67 bits per heavy atom. The van der Waals surface area contributed by atoms with E-state index >= 15 is 0 Å². The molecule has 1 heterocycles. The Bertz CT molecular complexity index is 691. The molecule has 3 rings (SSSR count). The van der Waals surface area contributed by atoms with Crippen LogP contribution >= 0.6 is 0 Å². The number of hydrogen-bond acceptors (Lipinski definition) is 4. The maximum absolute atomic E-state index is 14.4. The van der Waals surface area contributed by atoms with E-state index in [1.807, 2.05) is 30.3 Å². The van der Waals surface area contributed by atoms with Crippen LogP contribution in [0.5, 0.6) is 0 Å². The van der Waals surface area contributed by atoms with Crippen molar-refractivity contribution in [1.29, 1.82) is 0 Å². The number of amides is 2. The van der Waals surface area contributed by atoms with Crippen LogP contribution < -0.4 is 5.32 Å². The van der Waals surface area contributed by atoms with E-state index in [0.29, 0.717) is 12.8 Å². The van der Waals surface area contributed by atoms with Gasteiger partial charge in [0, 0.05) is 19.0 Å². The molecule has 1 saturated carbocycles. The fraction of sp³-hybridized carbons (Fsp3) is 0.600. The summed E-state index contributed by atoms with van der Waals surface area (Å²) in [6, 6.07) is 9.37. The Balaban J connectivity index is 1.63. The van der Waals surface area contributed by atoms with Crippen LogP contribution in [-0.4, -0.2) is 47.5 Å². The third-order valence-electron chi connectivity index (χ3n) is 5.12. The first-order valence-electron chi connectivity index (χ1n) is 9.29. The summed E-state index contributed by atoms with van der Waals surface area (Å²) >= 11 is 0. The van der Waals surface area contributed by atoms with Crippen LogP contribution in [0.3, 0.4) is 0 Å². The molecule has 2 aliphatic rings. The van der Waals surface area contributed by atoms with Gasteiger partial charge in [-0.05, 0) is 39.2 Å². The van der Waals surface area contributed by atoms with Crippen molar-refractivity contribution in [1.82, 2.24) is 10.2 Å². The highest BCUT2D eigenvalue weighted by molar-refractivity contribution is 5.71. The molecule has 0 aromatic heterocycles. The summed E-state index contributed by atoms with van der Waals surface area (Å²) < 4.78 is 25.1. The van der Waals surface area contributed by atoms with Gasteiger partial charge in [-0.25, -0.2) is 14.0 Å². The van der Waals surface area contributed by atoms with E-state index in [1.54, 1.807) is 20.8 Å². The SMILES string of the molecule is CC(C)(C)OC(=O)N[C@@]12CC[C@@H](F)[C@@H]1CN(C(=O)OCc1ccccc1)C2. The first-order chi connectivity index (χ1) is 12.7. The number of alkyl carbamates (subject to hydrolysis) is 1. The summed E-state index contributed by atoms with van der Waals surface area (Å²) in [7, 11) is 0. The lowest BCUT2D eigenvalue weighted by Gasteiger charge is -2.31. The molecule has 7 heteroatoms. The van der Waals surface area contributed by atoms with Gasteiger partial charge in [0.2, 0.25) is 0 Å². The van der Waals surface area contributed by atoms with Crippen LogP contribution in [0.4, 0.5) is 14.0 Å². The lowest BCUT2D eigenvalue weighted by molar-refractivity contribution is 0.0434. The molecule has 1 aliphatic carbocycles. The predicted octanol–water partition coefficient (Wildman–Crippen LogP) is 3.65. The molecule has 1 aromatic carbocycles. The monoisotopic (exact) mass is 378 g/mol. The number of benzene rings is 1. The summed E-state index contributed by atoms with van der Waals surface area (Å²) in [5, 5.41) is 2.85. The standard InChI is InChI=1S/C20H27FN2O4/c1-19(2,3)27-17(24)22-20-10-9-16(21)15(20)11-23(13-20)18(25)26-12-14-7-5-4-6-8-14/h4-8,15-16H,9-13H2,1-3H3,(H,22,24)/t15-,16+,20+/m0/s1. The van der Waals surface area contributed by atoms with Gasteiger partial charge in [0.05, 0.1) is 5.54 Å². The van der Waals surface area contributed by atoms with Crippen LogP contribution in [0.25, 0.3) is 0 Å². The third-order valence-corrected chi connectivity index (χ3v) is 5.12. The summed E-state index contributed by atoms with van der Waals surface area (Å²) in [5.41, 5.74) is -0.556. The van der Waals surface area contributed by atoms with Crippen LogP contribution in [0, 0.1) is 5.92 Å². The molecule has 0 radical (unpaired) electrons. The van der Waals surface area contributed by atoms with Gasteiger partial charge >= 0.3 is 12.2 Å². The van der Waals surface area contributed by atoms with Gasteiger partial charge in [-0.2, -0.15) is 0 Å². The van der Waals surface area contributed by atoms with Gasteiger partial charge < -0.3 is 19.7 Å². The fourth-order valence-corrected chi connectivity index (χ4v) is 3.91. The normalized spacial score (nSPS) is 27.2. The largest absolute Gasteiger partial charge is 0.445 e. The molecule has 3 atom stereocenters. The molecule has 0 bridgehead atoms. The number of likely N-dealkylation sites (tertiary alicyclic amines) is 1. The van der Waals surface area contributed by atoms with E-state index in [0.717, 1.165) is 5.56 Å². The topological polar surface area (TPSA) is 67.9 Å². The number of carbonyl (C=O) groups excluding carboxylic acids is 2. The van der Waals surface area contributed by atoms with E-state index in [4.69, 9.17) is 9.47 Å². The van der Waals surface area contributed by atoms with Crippen molar-refractivity contribution in [2.24, 2.45) is 5.92 Å². The van der Waals surface area contributed by atoms with E-state index in [1.165, 1.54) is 4.90 Å². The Labute approximate surface area is 159 Å². The van der Waals surface area contributed by atoms with E-state index in [2.05, 4.69) is 5.32 Å². The smallest absolute Gasteiger partial charge is 0.410 e. The van der Waals surface area contributed by atoms with Crippen molar-refractivity contribution >= 4 is 12.2 Å². The predicted molar refractivity (Wildman–Crippen MR) is 97.9 cm³/mol. The highest BCUT2D eigenvalue weighted by atomic mass is 19.1. The average Bonchev–Trinajstić information content (AvgIpc) is 3.09. The number of ether oxygens (including phenoxy) is 2. The molecular weight excluding hydrogens is 351 g/mol. The number of carbonyl (C=O) groups is 2. The number of fused-ring (bicyclic) bond motifs is 1. The van der Waals surface area contributed by atoms with Crippen molar-refractivity contribution in [2.45, 2.75) is 57.5 Å². The number of alkyl halides is 1. The Morgan fingerprint density at radius 1 is 1.30 bits per heavy atom. The second-order valence-corrected chi connectivity index (χ2v) is 8.36. The molecule has 0 spiro atoms. The van der Waals surface area contributed by atoms with Gasteiger partial charge in [-0.3, -0.25) is 0 Å². The van der Waals surface area contributed by atoms with Crippen molar-refractivity contribution < 1.29 is 23.5 Å². The first-order valence-corrected chi connectivity index (χ1v) is 9.29. The molecule has 148 valence electrons. The number of halogens is 1. The Kier molecular flexibility index (Phi) is 5.31. The van der Waals surface area contributed by atoms with E-state index < -0.39 is 35.4 Å². The summed E-state index contributed by atoms with van der Waals surface area (Å²) in [6.45, 7) is 5.94. The fourth-order valence-electron chi connectivity index (χ4n) is 3.91. The molecule has 6 nitrogen and oxygen atoms in total. The van der Waals surface area contributed by atoms with E-state index in [-0.39, 0.29) is 19.7 Å². The maximum Gasteiger partial charge on any atom is 0.410 e. The Morgan fingerprint density at radius 2 is 2.00 bits per heavy atom. The first kappa shape index (κ1) is 19.5. The van der Waals surface area contributed by atoms with Crippen molar-refractivity contribution in [2.75, 3.05) is 13.1 Å². The van der Waals surface area contributed by atoms with Crippen LogP contribution in [0.15, 0.2) is 30.3 Å². The lowest BCUT2D eigenvalue weighted by atomic mass is 9.90. The lowest BCUT2D eigenvalue weighted by Crippen LogP contribution is -2.54. The zero-order valence-corrected chi connectivity index (χ0v) is 16.0. The zero-order chi connectivity index (χ0) is 19.7. The molecule has 1 N–H and O–H groups in total. The molecular formula is C20H27FN2O4. The number of nitrogens with one attached hydrogen (secondary N) is 1. The number of hydrogen-bond donors (Lipinski definition) is 1. The van der Waals surface area contributed by atoms with Gasteiger partial charge in [0.15, 0.2) is 0 Å².